The van der Waals surface area contributed by atoms with Gasteiger partial charge in [0, 0.05) is 53.4 Å². The van der Waals surface area contributed by atoms with Gasteiger partial charge in [-0.1, -0.05) is 129 Å². The summed E-state index contributed by atoms with van der Waals surface area (Å²) in [6.07, 6.45) is 6.50. The van der Waals surface area contributed by atoms with Crippen molar-refractivity contribution >= 4 is 58.9 Å². The van der Waals surface area contributed by atoms with Crippen LogP contribution in [-0.4, -0.2) is 108 Å². The normalized spacial score (nSPS) is 15.2. The molecule has 1 aliphatic carbocycles. The zero-order valence-electron chi connectivity index (χ0n) is 49.9. The molecule has 7 amide bonds. The van der Waals surface area contributed by atoms with Crippen LogP contribution in [0.25, 0.3) is 0 Å². The van der Waals surface area contributed by atoms with E-state index in [4.69, 9.17) is 4.74 Å². The number of ether oxygens (including phenoxy) is 1. The number of benzene rings is 3. The summed E-state index contributed by atoms with van der Waals surface area (Å²) < 4.78 is 5.58. The summed E-state index contributed by atoms with van der Waals surface area (Å²) in [5, 5.41) is 26.9. The predicted molar refractivity (Wildman–Crippen MR) is 318 cm³/mol. The SMILES string of the molecule is CN[C@H](C(=O)N[C@H](C(=O)N(C)[C@H](/C=C(\C)C(=O)O)C(C)C)C(C)(C)C)C(C)(C)c1cccc(NC(=O)OCC2=CC=C(NC(=O)[C@H](C)NC(=O)[C@@H](NC(=O)CCCCC(=O)N3Cc4ccccc4C#Cc4ccccc43)C(C)C)CC2)c1. The van der Waals surface area contributed by atoms with Crippen molar-refractivity contribution in [2.24, 2.45) is 17.3 Å². The Morgan fingerprint density at radius 3 is 2.04 bits per heavy atom. The fourth-order valence-electron chi connectivity index (χ4n) is 9.82. The van der Waals surface area contributed by atoms with Crippen LogP contribution in [-0.2, 0) is 50.3 Å². The monoisotopic (exact) mass is 1120 g/mol. The summed E-state index contributed by atoms with van der Waals surface area (Å²) in [5.74, 6) is 2.82. The number of likely N-dealkylation sites (N-methyl/N-ethyl adjacent to an activating group) is 2. The predicted octanol–water partition coefficient (Wildman–Crippen LogP) is 8.02. The van der Waals surface area contributed by atoms with Gasteiger partial charge in [-0.3, -0.25) is 34.1 Å². The van der Waals surface area contributed by atoms with E-state index < -0.39 is 70.8 Å². The number of carboxylic acids is 1. The quantitative estimate of drug-likeness (QED) is 0.0257. The van der Waals surface area contributed by atoms with Gasteiger partial charge in [-0.05, 0) is 117 Å². The second kappa shape index (κ2) is 29.1. The minimum absolute atomic E-state index is 0.0149. The van der Waals surface area contributed by atoms with Crippen LogP contribution in [0.2, 0.25) is 0 Å². The lowest BCUT2D eigenvalue weighted by molar-refractivity contribution is -0.141. The van der Waals surface area contributed by atoms with Crippen molar-refractivity contribution in [3.8, 4) is 11.8 Å². The maximum atomic E-state index is 14.2. The summed E-state index contributed by atoms with van der Waals surface area (Å²) in [4.78, 5) is 110. The molecule has 0 unspecified atom stereocenters. The average Bonchev–Trinajstić information content (AvgIpc) is 3.49. The molecule has 5 rings (SSSR count). The Bertz CT molecular complexity index is 3010. The highest BCUT2D eigenvalue weighted by atomic mass is 16.5. The maximum absolute atomic E-state index is 14.2. The molecule has 2 aliphatic rings. The number of carboxylic acid groups (broad SMARTS) is 1. The number of hydrogen-bond acceptors (Lipinski definition) is 10. The zero-order valence-corrected chi connectivity index (χ0v) is 49.9. The topological polar surface area (TPSA) is 245 Å². The van der Waals surface area contributed by atoms with Gasteiger partial charge in [0.05, 0.1) is 24.3 Å². The van der Waals surface area contributed by atoms with Crippen molar-refractivity contribution in [2.75, 3.05) is 30.9 Å². The van der Waals surface area contributed by atoms with E-state index in [1.165, 1.54) is 11.8 Å². The van der Waals surface area contributed by atoms with Crippen LogP contribution < -0.4 is 36.8 Å². The highest BCUT2D eigenvalue weighted by Gasteiger charge is 2.42. The van der Waals surface area contributed by atoms with Crippen LogP contribution in [0.5, 0.6) is 0 Å². The van der Waals surface area contributed by atoms with Gasteiger partial charge in [-0.25, -0.2) is 9.59 Å². The number of aliphatic carboxylic acids is 1. The average molecular weight is 1130 g/mol. The summed E-state index contributed by atoms with van der Waals surface area (Å²) in [5.41, 5.74) is 4.43. The Hall–Kier alpha value is -8.04. The lowest BCUT2D eigenvalue weighted by Crippen LogP contribution is -2.61. The number of allylic oxidation sites excluding steroid dienone is 3. The van der Waals surface area contributed by atoms with Crippen molar-refractivity contribution in [3.63, 3.8) is 0 Å². The first-order chi connectivity index (χ1) is 38.6. The van der Waals surface area contributed by atoms with E-state index >= 15 is 0 Å². The molecule has 3 aromatic carbocycles. The minimum atomic E-state index is -1.08. The van der Waals surface area contributed by atoms with Gasteiger partial charge < -0.3 is 46.2 Å². The second-order valence-corrected chi connectivity index (χ2v) is 23.5. The molecule has 0 saturated carbocycles. The molecule has 7 N–H and O–H groups in total. The number of hydrogen-bond donors (Lipinski definition) is 7. The van der Waals surface area contributed by atoms with Gasteiger partial charge in [0.1, 0.15) is 24.7 Å². The molecule has 0 spiro atoms. The molecule has 0 radical (unpaired) electrons. The molecule has 0 aromatic heterocycles. The van der Waals surface area contributed by atoms with Gasteiger partial charge in [-0.15, -0.1) is 0 Å². The van der Waals surface area contributed by atoms with Crippen LogP contribution in [0.4, 0.5) is 16.2 Å². The third-order valence-electron chi connectivity index (χ3n) is 14.9. The third-order valence-corrected chi connectivity index (χ3v) is 14.9. The first-order valence-electron chi connectivity index (χ1n) is 28.1. The molecular weight excluding hydrogens is 1040 g/mol. The highest BCUT2D eigenvalue weighted by molar-refractivity contribution is 5.96. The molecule has 18 nitrogen and oxygen atoms in total. The van der Waals surface area contributed by atoms with Crippen molar-refractivity contribution < 1.29 is 48.2 Å². The van der Waals surface area contributed by atoms with Crippen molar-refractivity contribution in [2.45, 2.75) is 157 Å². The molecule has 0 saturated heterocycles. The van der Waals surface area contributed by atoms with Crippen LogP contribution in [0.3, 0.4) is 0 Å². The Balaban J connectivity index is 1.08. The van der Waals surface area contributed by atoms with Crippen LogP contribution in [0.1, 0.15) is 137 Å². The maximum Gasteiger partial charge on any atom is 0.411 e. The molecule has 0 fully saturated rings. The molecule has 1 heterocycles. The summed E-state index contributed by atoms with van der Waals surface area (Å²) in [6.45, 7) is 20.1. The lowest BCUT2D eigenvalue weighted by atomic mass is 9.76. The summed E-state index contributed by atoms with van der Waals surface area (Å²) >= 11 is 0. The minimum Gasteiger partial charge on any atom is -0.478 e. The number of nitrogens with one attached hydrogen (secondary N) is 6. The number of anilines is 2. The first-order valence-corrected chi connectivity index (χ1v) is 28.1. The van der Waals surface area contributed by atoms with E-state index in [1.54, 1.807) is 76.2 Å². The molecule has 440 valence electrons. The van der Waals surface area contributed by atoms with Crippen molar-refractivity contribution in [1.82, 2.24) is 31.5 Å². The molecule has 82 heavy (non-hydrogen) atoms. The Kier molecular flexibility index (Phi) is 23.0. The Morgan fingerprint density at radius 1 is 0.744 bits per heavy atom. The standard InChI is InChI=1S/C64H84N8O10/c1-39(2)51(35-41(5)61(79)80)71(13)60(78)56(63(7,8)9)70-59(77)55(65-12)64(10,11)47-24-20-25-49(36-47)68-62(81)82-38-43-29-33-48(34-30-43)67-57(75)42(6)66-58(76)54(40(3)4)69-52(73)27-18-19-28-53(74)72-37-46-23-15-14-21-44(46)31-32-45-22-16-17-26-50(45)72/h14-17,20-26,29,33,35-36,39-40,42,51,54-56,65H,18-19,27-28,30,34,37-38H2,1-13H3,(H,66,76)(H,67,75)(H,68,81)(H,69,73)(H,70,77)(H,79,80)/b41-35+/t42-,51+,54-,55+,56+/m0/s1. The van der Waals surface area contributed by atoms with Gasteiger partial charge in [0.15, 0.2) is 0 Å². The summed E-state index contributed by atoms with van der Waals surface area (Å²) in [7, 11) is 3.27. The van der Waals surface area contributed by atoms with Gasteiger partial charge in [0.2, 0.25) is 35.4 Å². The largest absolute Gasteiger partial charge is 0.478 e. The van der Waals surface area contributed by atoms with Crippen LogP contribution in [0.15, 0.2) is 108 Å². The fraction of sp³-hybridized carbons (Fsp3) is 0.469. The smallest absolute Gasteiger partial charge is 0.411 e. The summed E-state index contributed by atoms with van der Waals surface area (Å²) in [6, 6.07) is 18.2. The van der Waals surface area contributed by atoms with Crippen LogP contribution >= 0.6 is 0 Å². The van der Waals surface area contributed by atoms with Gasteiger partial charge in [0.25, 0.3) is 0 Å². The molecule has 0 bridgehead atoms. The highest BCUT2D eigenvalue weighted by Crippen LogP contribution is 2.32. The van der Waals surface area contributed by atoms with E-state index in [-0.39, 0.29) is 54.6 Å². The van der Waals surface area contributed by atoms with Crippen LogP contribution in [0, 0.1) is 29.1 Å². The van der Waals surface area contributed by atoms with E-state index in [0.717, 1.165) is 28.0 Å². The van der Waals surface area contributed by atoms with E-state index in [0.29, 0.717) is 49.2 Å². The molecular formula is C64H84N8O10. The fourth-order valence-corrected chi connectivity index (χ4v) is 9.82. The number of unbranched alkanes of at least 4 members (excludes halogenated alkanes) is 1. The van der Waals surface area contributed by atoms with Gasteiger partial charge >= 0.3 is 12.1 Å². The molecule has 3 aromatic rings. The number of fused-ring (bicyclic) bond motifs is 2. The molecule has 1 aliphatic heterocycles. The van der Waals surface area contributed by atoms with Crippen molar-refractivity contribution in [1.29, 1.82) is 0 Å². The van der Waals surface area contributed by atoms with E-state index in [1.807, 2.05) is 103 Å². The second-order valence-electron chi connectivity index (χ2n) is 23.5. The number of para-hydroxylation sites is 1. The Morgan fingerprint density at radius 2 is 1.40 bits per heavy atom. The number of carbonyl (C=O) groups is 8. The number of nitrogens with zero attached hydrogens (tertiary/aromatic N) is 2. The zero-order chi connectivity index (χ0) is 60.6. The molecule has 5 atom stereocenters. The third kappa shape index (κ3) is 17.7. The number of rotatable bonds is 24. The lowest BCUT2D eigenvalue weighted by Gasteiger charge is -2.40. The van der Waals surface area contributed by atoms with E-state index in [9.17, 15) is 43.5 Å². The van der Waals surface area contributed by atoms with Gasteiger partial charge in [-0.2, -0.15) is 0 Å². The van der Waals surface area contributed by atoms with E-state index in [2.05, 4.69) is 43.7 Å². The molecule has 18 heteroatoms. The Labute approximate surface area is 483 Å². The number of amides is 7. The first kappa shape index (κ1) is 64.8. The van der Waals surface area contributed by atoms with Crippen molar-refractivity contribution in [3.05, 3.63) is 130 Å². The number of carbonyl (C=O) groups excluding carboxylic acids is 7.